The Balaban J connectivity index is 1.44. The summed E-state index contributed by atoms with van der Waals surface area (Å²) in [5.74, 6) is 0.300. The second-order valence-corrected chi connectivity index (χ2v) is 8.13. The Hall–Kier alpha value is -3.54. The number of hydrogen-bond acceptors (Lipinski definition) is 5. The normalized spacial score (nSPS) is 14.6. The van der Waals surface area contributed by atoms with Crippen LogP contribution in [0.3, 0.4) is 0 Å². The molecule has 6 heteroatoms. The van der Waals surface area contributed by atoms with Crippen molar-refractivity contribution in [2.24, 2.45) is 0 Å². The number of nitrogens with zero attached hydrogens (tertiary/aromatic N) is 2. The van der Waals surface area contributed by atoms with Crippen molar-refractivity contribution in [3.63, 3.8) is 0 Å². The molecule has 1 aliphatic carbocycles. The van der Waals surface area contributed by atoms with Gasteiger partial charge in [-0.2, -0.15) is 0 Å². The SMILES string of the molecule is CCCOc1ccc(N(C)c2ccc3c(c2)CC[C@H]3CNc2cnccc2C(=O)O)cc1. The van der Waals surface area contributed by atoms with Crippen LogP contribution in [0.4, 0.5) is 17.1 Å². The van der Waals surface area contributed by atoms with E-state index >= 15 is 0 Å². The Morgan fingerprint density at radius 1 is 1.19 bits per heavy atom. The smallest absolute Gasteiger partial charge is 0.337 e. The fourth-order valence-corrected chi connectivity index (χ4v) is 4.20. The molecule has 6 nitrogen and oxygen atoms in total. The quantitative estimate of drug-likeness (QED) is 0.467. The Bertz CT molecular complexity index is 1080. The zero-order chi connectivity index (χ0) is 22.5. The van der Waals surface area contributed by atoms with Gasteiger partial charge in [0.15, 0.2) is 0 Å². The maximum atomic E-state index is 11.4. The molecule has 0 saturated heterocycles. The Kier molecular flexibility index (Phi) is 6.59. The van der Waals surface area contributed by atoms with Gasteiger partial charge in [-0.15, -0.1) is 0 Å². The van der Waals surface area contributed by atoms with E-state index in [0.29, 0.717) is 18.2 Å². The number of aromatic nitrogens is 1. The molecular weight excluding hydrogens is 402 g/mol. The number of hydrogen-bond donors (Lipinski definition) is 2. The van der Waals surface area contributed by atoms with Crippen LogP contribution in [-0.2, 0) is 6.42 Å². The maximum Gasteiger partial charge on any atom is 0.337 e. The number of carbonyl (C=O) groups is 1. The Labute approximate surface area is 188 Å². The lowest BCUT2D eigenvalue weighted by Crippen LogP contribution is -2.13. The highest BCUT2D eigenvalue weighted by Crippen LogP contribution is 2.37. The third-order valence-electron chi connectivity index (χ3n) is 6.00. The molecule has 2 aromatic carbocycles. The van der Waals surface area contributed by atoms with Crippen molar-refractivity contribution in [2.75, 3.05) is 30.4 Å². The molecule has 2 N–H and O–H groups in total. The molecular formula is C26H29N3O3. The minimum Gasteiger partial charge on any atom is -0.494 e. The van der Waals surface area contributed by atoms with Crippen LogP contribution in [0.5, 0.6) is 5.75 Å². The van der Waals surface area contributed by atoms with Gasteiger partial charge in [-0.3, -0.25) is 4.98 Å². The summed E-state index contributed by atoms with van der Waals surface area (Å²) in [4.78, 5) is 17.7. The van der Waals surface area contributed by atoms with Gasteiger partial charge in [0.1, 0.15) is 5.75 Å². The molecule has 1 atom stereocenters. The molecule has 1 heterocycles. The largest absolute Gasteiger partial charge is 0.494 e. The van der Waals surface area contributed by atoms with Crippen LogP contribution in [-0.4, -0.2) is 36.3 Å². The number of pyridine rings is 1. The second kappa shape index (κ2) is 9.73. The number of aryl methyl sites for hydroxylation is 1. The van der Waals surface area contributed by atoms with Crippen molar-refractivity contribution in [3.8, 4) is 5.75 Å². The minimum absolute atomic E-state index is 0.251. The fraction of sp³-hybridized carbons (Fsp3) is 0.308. The van der Waals surface area contributed by atoms with Gasteiger partial charge in [0.2, 0.25) is 0 Å². The molecule has 0 aliphatic heterocycles. The standard InChI is InChI=1S/C26H29N3O3/c1-3-14-32-22-9-6-20(7-10-22)29(2)21-8-11-23-18(15-21)4-5-19(23)16-28-25-17-27-13-12-24(25)26(30)31/h6-13,15,17,19,28H,3-5,14,16H2,1-2H3,(H,30,31)/t19-/m0/s1. The topological polar surface area (TPSA) is 74.7 Å². The molecule has 32 heavy (non-hydrogen) atoms. The molecule has 166 valence electrons. The summed E-state index contributed by atoms with van der Waals surface area (Å²) in [6.07, 6.45) is 6.14. The van der Waals surface area contributed by atoms with E-state index in [1.165, 1.54) is 23.4 Å². The molecule has 1 aliphatic rings. The number of ether oxygens (including phenoxy) is 1. The highest BCUT2D eigenvalue weighted by molar-refractivity contribution is 5.93. The number of carboxylic acid groups (broad SMARTS) is 1. The zero-order valence-corrected chi connectivity index (χ0v) is 18.5. The monoisotopic (exact) mass is 431 g/mol. The third-order valence-corrected chi connectivity index (χ3v) is 6.00. The first-order chi connectivity index (χ1) is 15.6. The summed E-state index contributed by atoms with van der Waals surface area (Å²) >= 11 is 0. The molecule has 0 bridgehead atoms. The van der Waals surface area contributed by atoms with Crippen molar-refractivity contribution >= 4 is 23.0 Å². The van der Waals surface area contributed by atoms with Gasteiger partial charge < -0.3 is 20.1 Å². The van der Waals surface area contributed by atoms with Gasteiger partial charge >= 0.3 is 5.97 Å². The number of carboxylic acids is 1. The van der Waals surface area contributed by atoms with Crippen molar-refractivity contribution in [3.05, 3.63) is 77.6 Å². The molecule has 1 aromatic heterocycles. The molecule has 0 fully saturated rings. The van der Waals surface area contributed by atoms with Crippen molar-refractivity contribution in [1.29, 1.82) is 0 Å². The number of nitrogens with one attached hydrogen (secondary N) is 1. The third kappa shape index (κ3) is 4.69. The van der Waals surface area contributed by atoms with Crippen molar-refractivity contribution in [2.45, 2.75) is 32.1 Å². The summed E-state index contributed by atoms with van der Waals surface area (Å²) in [6, 6.07) is 16.4. The van der Waals surface area contributed by atoms with Crippen LogP contribution in [0.15, 0.2) is 60.9 Å². The van der Waals surface area contributed by atoms with Gasteiger partial charge in [-0.05, 0) is 72.9 Å². The van der Waals surface area contributed by atoms with Gasteiger partial charge in [-0.25, -0.2) is 4.79 Å². The lowest BCUT2D eigenvalue weighted by Gasteiger charge is -2.21. The van der Waals surface area contributed by atoms with Crippen LogP contribution in [0.1, 0.15) is 47.2 Å². The van der Waals surface area contributed by atoms with Crippen LogP contribution in [0.2, 0.25) is 0 Å². The van der Waals surface area contributed by atoms with E-state index in [4.69, 9.17) is 4.74 Å². The summed E-state index contributed by atoms with van der Waals surface area (Å²) < 4.78 is 5.68. The molecule has 3 aromatic rings. The first kappa shape index (κ1) is 21.7. The predicted molar refractivity (Wildman–Crippen MR) is 127 cm³/mol. The summed E-state index contributed by atoms with van der Waals surface area (Å²) in [6.45, 7) is 3.52. The van der Waals surface area contributed by atoms with E-state index in [2.05, 4.69) is 59.5 Å². The first-order valence-corrected chi connectivity index (χ1v) is 11.1. The van der Waals surface area contributed by atoms with Crippen LogP contribution in [0.25, 0.3) is 0 Å². The fourth-order valence-electron chi connectivity index (χ4n) is 4.20. The number of benzene rings is 2. The van der Waals surface area contributed by atoms with E-state index in [1.54, 1.807) is 6.20 Å². The molecule has 0 radical (unpaired) electrons. The number of anilines is 3. The lowest BCUT2D eigenvalue weighted by molar-refractivity contribution is 0.0697. The lowest BCUT2D eigenvalue weighted by atomic mass is 10.0. The molecule has 0 amide bonds. The van der Waals surface area contributed by atoms with E-state index < -0.39 is 5.97 Å². The second-order valence-electron chi connectivity index (χ2n) is 8.13. The van der Waals surface area contributed by atoms with E-state index in [1.807, 2.05) is 12.1 Å². The highest BCUT2D eigenvalue weighted by atomic mass is 16.5. The predicted octanol–water partition coefficient (Wildman–Crippen LogP) is 5.48. The van der Waals surface area contributed by atoms with E-state index in [-0.39, 0.29) is 5.56 Å². The molecule has 0 unspecified atom stereocenters. The molecule has 0 spiro atoms. The Morgan fingerprint density at radius 3 is 2.72 bits per heavy atom. The highest BCUT2D eigenvalue weighted by Gasteiger charge is 2.23. The van der Waals surface area contributed by atoms with E-state index in [0.717, 1.165) is 43.0 Å². The van der Waals surface area contributed by atoms with Gasteiger partial charge in [-0.1, -0.05) is 13.0 Å². The molecule has 4 rings (SSSR count). The Morgan fingerprint density at radius 2 is 1.97 bits per heavy atom. The van der Waals surface area contributed by atoms with Gasteiger partial charge in [0.25, 0.3) is 0 Å². The number of rotatable bonds is 9. The zero-order valence-electron chi connectivity index (χ0n) is 18.5. The van der Waals surface area contributed by atoms with Crippen LogP contribution >= 0.6 is 0 Å². The number of fused-ring (bicyclic) bond motifs is 1. The summed E-state index contributed by atoms with van der Waals surface area (Å²) in [5.41, 5.74) is 5.77. The van der Waals surface area contributed by atoms with Crippen molar-refractivity contribution in [1.82, 2.24) is 4.98 Å². The maximum absolute atomic E-state index is 11.4. The summed E-state index contributed by atoms with van der Waals surface area (Å²) in [7, 11) is 2.08. The van der Waals surface area contributed by atoms with E-state index in [9.17, 15) is 9.90 Å². The molecule has 0 saturated carbocycles. The van der Waals surface area contributed by atoms with Crippen LogP contribution in [0, 0.1) is 0 Å². The average molecular weight is 432 g/mol. The number of aromatic carboxylic acids is 1. The van der Waals surface area contributed by atoms with Gasteiger partial charge in [0.05, 0.1) is 24.1 Å². The first-order valence-electron chi connectivity index (χ1n) is 11.1. The van der Waals surface area contributed by atoms with Crippen LogP contribution < -0.4 is 15.0 Å². The summed E-state index contributed by atoms with van der Waals surface area (Å²) in [5, 5.41) is 12.7. The average Bonchev–Trinajstić information content (AvgIpc) is 3.23. The van der Waals surface area contributed by atoms with Gasteiger partial charge in [0, 0.05) is 37.1 Å². The minimum atomic E-state index is -0.945. The van der Waals surface area contributed by atoms with Crippen molar-refractivity contribution < 1.29 is 14.6 Å².